The Labute approximate surface area is 141 Å². The topological polar surface area (TPSA) is 94.5 Å². The quantitative estimate of drug-likeness (QED) is 0.834. The molecule has 0 fully saturated rings. The van der Waals surface area contributed by atoms with E-state index in [-0.39, 0.29) is 30.5 Å². The number of carbonyl (C=O) groups excluding carboxylic acids is 1. The van der Waals surface area contributed by atoms with Crippen molar-refractivity contribution in [3.05, 3.63) is 47.6 Å². The van der Waals surface area contributed by atoms with Crippen molar-refractivity contribution in [1.29, 1.82) is 0 Å². The molecule has 0 saturated carbocycles. The first-order valence-corrected chi connectivity index (χ1v) is 7.84. The van der Waals surface area contributed by atoms with Crippen molar-refractivity contribution in [1.82, 2.24) is 15.0 Å². The summed E-state index contributed by atoms with van der Waals surface area (Å²) in [5.74, 6) is 0.385. The number of carbonyl (C=O) groups is 1. The highest BCUT2D eigenvalue weighted by atomic mass is 16.5. The molecule has 7 heteroatoms. The molecule has 3 atom stereocenters. The standard InChI is InChI=1S/C17H24N4O3/c1-11(15(18)13-8-6-5-7-9-13)17(22)21(3)10-14-19-16(20-24-14)12(2)23-4/h5-9,11-12,15H,10,18H2,1-4H3. The molecular weight excluding hydrogens is 308 g/mol. The van der Waals surface area contributed by atoms with Gasteiger partial charge in [-0.3, -0.25) is 4.79 Å². The van der Waals surface area contributed by atoms with Crippen LogP contribution in [-0.4, -0.2) is 35.1 Å². The van der Waals surface area contributed by atoms with Gasteiger partial charge < -0.3 is 19.9 Å². The van der Waals surface area contributed by atoms with E-state index >= 15 is 0 Å². The molecule has 0 spiro atoms. The second-order valence-corrected chi connectivity index (χ2v) is 5.84. The molecule has 2 aromatic rings. The molecule has 7 nitrogen and oxygen atoms in total. The predicted octanol–water partition coefficient (Wildman–Crippen LogP) is 2.07. The first kappa shape index (κ1) is 18.1. The monoisotopic (exact) mass is 332 g/mol. The average Bonchev–Trinajstić information content (AvgIpc) is 3.08. The van der Waals surface area contributed by atoms with Gasteiger partial charge in [0.05, 0.1) is 12.5 Å². The van der Waals surface area contributed by atoms with Crippen LogP contribution in [0.1, 0.15) is 43.3 Å². The Hall–Kier alpha value is -2.25. The number of ether oxygens (including phenoxy) is 1. The molecule has 2 N–H and O–H groups in total. The molecule has 3 unspecified atom stereocenters. The number of hydrogen-bond donors (Lipinski definition) is 1. The molecule has 0 aliphatic heterocycles. The lowest BCUT2D eigenvalue weighted by atomic mass is 9.94. The summed E-state index contributed by atoms with van der Waals surface area (Å²) in [6, 6.07) is 9.21. The van der Waals surface area contributed by atoms with Crippen molar-refractivity contribution >= 4 is 5.91 Å². The highest BCUT2D eigenvalue weighted by Crippen LogP contribution is 2.21. The third-order valence-corrected chi connectivity index (χ3v) is 4.06. The largest absolute Gasteiger partial charge is 0.374 e. The molecule has 24 heavy (non-hydrogen) atoms. The Morgan fingerprint density at radius 2 is 2.00 bits per heavy atom. The number of nitrogens with zero attached hydrogens (tertiary/aromatic N) is 3. The van der Waals surface area contributed by atoms with Gasteiger partial charge in [-0.1, -0.05) is 42.4 Å². The highest BCUT2D eigenvalue weighted by Gasteiger charge is 2.26. The van der Waals surface area contributed by atoms with E-state index in [1.807, 2.05) is 44.2 Å². The molecule has 0 saturated heterocycles. The molecule has 1 aromatic heterocycles. The number of methoxy groups -OCH3 is 1. The minimum Gasteiger partial charge on any atom is -0.374 e. The number of aromatic nitrogens is 2. The van der Waals surface area contributed by atoms with Crippen LogP contribution in [0.15, 0.2) is 34.9 Å². The van der Waals surface area contributed by atoms with E-state index in [2.05, 4.69) is 10.1 Å². The molecule has 0 aliphatic carbocycles. The van der Waals surface area contributed by atoms with Crippen LogP contribution in [-0.2, 0) is 16.1 Å². The molecular formula is C17H24N4O3. The van der Waals surface area contributed by atoms with Crippen molar-refractivity contribution in [2.75, 3.05) is 14.2 Å². The summed E-state index contributed by atoms with van der Waals surface area (Å²) in [7, 11) is 3.27. The second kappa shape index (κ2) is 8.03. The zero-order chi connectivity index (χ0) is 17.7. The summed E-state index contributed by atoms with van der Waals surface area (Å²) in [4.78, 5) is 18.4. The van der Waals surface area contributed by atoms with Crippen LogP contribution in [0, 0.1) is 5.92 Å². The van der Waals surface area contributed by atoms with Gasteiger partial charge >= 0.3 is 0 Å². The van der Waals surface area contributed by atoms with Crippen LogP contribution >= 0.6 is 0 Å². The van der Waals surface area contributed by atoms with E-state index in [9.17, 15) is 4.79 Å². The van der Waals surface area contributed by atoms with Gasteiger partial charge in [0.2, 0.25) is 11.8 Å². The summed E-state index contributed by atoms with van der Waals surface area (Å²) in [6.07, 6.45) is -0.256. The summed E-state index contributed by atoms with van der Waals surface area (Å²) in [5.41, 5.74) is 7.15. The fourth-order valence-electron chi connectivity index (χ4n) is 2.35. The smallest absolute Gasteiger partial charge is 0.246 e. The van der Waals surface area contributed by atoms with Crippen LogP contribution in [0.3, 0.4) is 0 Å². The van der Waals surface area contributed by atoms with Crippen molar-refractivity contribution in [2.45, 2.75) is 32.5 Å². The number of nitrogens with two attached hydrogens (primary N) is 1. The summed E-state index contributed by atoms with van der Waals surface area (Å²) < 4.78 is 10.3. The van der Waals surface area contributed by atoms with Gasteiger partial charge in [0.25, 0.3) is 0 Å². The van der Waals surface area contributed by atoms with Crippen LogP contribution < -0.4 is 5.73 Å². The van der Waals surface area contributed by atoms with E-state index in [1.54, 1.807) is 19.1 Å². The number of hydrogen-bond acceptors (Lipinski definition) is 6. The lowest BCUT2D eigenvalue weighted by Crippen LogP contribution is -2.36. The van der Waals surface area contributed by atoms with Gasteiger partial charge in [-0.25, -0.2) is 0 Å². The lowest BCUT2D eigenvalue weighted by Gasteiger charge is -2.24. The fraction of sp³-hybridized carbons (Fsp3) is 0.471. The van der Waals surface area contributed by atoms with Gasteiger partial charge in [0.1, 0.15) is 6.10 Å². The fourth-order valence-corrected chi connectivity index (χ4v) is 2.35. The lowest BCUT2D eigenvalue weighted by molar-refractivity contribution is -0.135. The van der Waals surface area contributed by atoms with Gasteiger partial charge in [-0.2, -0.15) is 4.98 Å². The van der Waals surface area contributed by atoms with Gasteiger partial charge in [0.15, 0.2) is 5.82 Å². The van der Waals surface area contributed by atoms with E-state index in [1.165, 1.54) is 0 Å². The zero-order valence-electron chi connectivity index (χ0n) is 14.5. The van der Waals surface area contributed by atoms with Crippen molar-refractivity contribution in [3.8, 4) is 0 Å². The Kier molecular flexibility index (Phi) is 6.05. The first-order valence-electron chi connectivity index (χ1n) is 7.84. The molecule has 1 heterocycles. The Morgan fingerprint density at radius 3 is 2.62 bits per heavy atom. The summed E-state index contributed by atoms with van der Waals surface area (Å²) in [6.45, 7) is 3.88. The third-order valence-electron chi connectivity index (χ3n) is 4.06. The minimum absolute atomic E-state index is 0.0779. The zero-order valence-corrected chi connectivity index (χ0v) is 14.5. The van der Waals surface area contributed by atoms with Crippen molar-refractivity contribution in [3.63, 3.8) is 0 Å². The van der Waals surface area contributed by atoms with E-state index < -0.39 is 0 Å². The summed E-state index contributed by atoms with van der Waals surface area (Å²) >= 11 is 0. The van der Waals surface area contributed by atoms with E-state index in [4.69, 9.17) is 15.0 Å². The van der Waals surface area contributed by atoms with Gasteiger partial charge in [-0.15, -0.1) is 0 Å². The van der Waals surface area contributed by atoms with Gasteiger partial charge in [-0.05, 0) is 12.5 Å². The minimum atomic E-state index is -0.368. The molecule has 130 valence electrons. The second-order valence-electron chi connectivity index (χ2n) is 5.84. The SMILES string of the molecule is COC(C)c1noc(CN(C)C(=O)C(C)C(N)c2ccccc2)n1. The number of benzene rings is 1. The molecule has 1 amide bonds. The maximum absolute atomic E-state index is 12.6. The molecule has 2 rings (SSSR count). The first-order chi connectivity index (χ1) is 11.4. The van der Waals surface area contributed by atoms with E-state index in [0.29, 0.717) is 11.7 Å². The number of rotatable bonds is 7. The third kappa shape index (κ3) is 4.18. The summed E-state index contributed by atoms with van der Waals surface area (Å²) in [5, 5.41) is 3.85. The van der Waals surface area contributed by atoms with Crippen molar-refractivity contribution in [2.24, 2.45) is 11.7 Å². The van der Waals surface area contributed by atoms with Gasteiger partial charge in [0, 0.05) is 20.2 Å². The van der Waals surface area contributed by atoms with Crippen LogP contribution in [0.5, 0.6) is 0 Å². The average molecular weight is 332 g/mol. The Balaban J connectivity index is 1.99. The van der Waals surface area contributed by atoms with Crippen LogP contribution in [0.25, 0.3) is 0 Å². The van der Waals surface area contributed by atoms with E-state index in [0.717, 1.165) is 5.56 Å². The predicted molar refractivity (Wildman–Crippen MR) is 88.7 cm³/mol. The van der Waals surface area contributed by atoms with Crippen LogP contribution in [0.2, 0.25) is 0 Å². The molecule has 1 aromatic carbocycles. The molecule has 0 aliphatic rings. The maximum Gasteiger partial charge on any atom is 0.246 e. The normalized spacial score (nSPS) is 14.9. The van der Waals surface area contributed by atoms with Crippen molar-refractivity contribution < 1.29 is 14.1 Å². The highest BCUT2D eigenvalue weighted by molar-refractivity contribution is 5.79. The van der Waals surface area contributed by atoms with Crippen LogP contribution in [0.4, 0.5) is 0 Å². The Bertz CT molecular complexity index is 659. The molecule has 0 radical (unpaired) electrons. The Morgan fingerprint density at radius 1 is 1.33 bits per heavy atom. The number of amides is 1. The maximum atomic E-state index is 12.6. The molecule has 0 bridgehead atoms.